The fraction of sp³-hybridized carbons (Fsp3) is 0.269. The maximum absolute atomic E-state index is 13.1. The molecule has 0 spiro atoms. The van der Waals surface area contributed by atoms with Gasteiger partial charge in [0.05, 0.1) is 17.1 Å². The summed E-state index contributed by atoms with van der Waals surface area (Å²) in [5, 5.41) is 2.81. The van der Waals surface area contributed by atoms with E-state index in [2.05, 4.69) is 5.32 Å². The second-order valence-electron chi connectivity index (χ2n) is 8.36. The zero-order chi connectivity index (χ0) is 24.1. The first-order chi connectivity index (χ1) is 16.3. The third kappa shape index (κ3) is 5.83. The van der Waals surface area contributed by atoms with Crippen molar-refractivity contribution in [1.82, 2.24) is 4.31 Å². The fourth-order valence-corrected chi connectivity index (χ4v) is 5.49. The first-order valence-corrected chi connectivity index (χ1v) is 12.6. The van der Waals surface area contributed by atoms with E-state index < -0.39 is 15.9 Å². The predicted molar refractivity (Wildman–Crippen MR) is 130 cm³/mol. The van der Waals surface area contributed by atoms with Gasteiger partial charge in [0.2, 0.25) is 10.0 Å². The topological polar surface area (TPSA) is 84.9 Å². The Bertz CT molecular complexity index is 1220. The Hall–Kier alpha value is -3.20. The van der Waals surface area contributed by atoms with Crippen molar-refractivity contribution in [2.75, 3.05) is 18.4 Å². The molecule has 3 aromatic carbocycles. The summed E-state index contributed by atoms with van der Waals surface area (Å²) in [7, 11) is -3.73. The van der Waals surface area contributed by atoms with Crippen molar-refractivity contribution in [3.63, 3.8) is 0 Å². The molecule has 0 unspecified atom stereocenters. The molecule has 1 aliphatic heterocycles. The normalized spacial score (nSPS) is 18.9. The fourth-order valence-electron chi connectivity index (χ4n) is 3.85. The molecule has 4 rings (SSSR count). The van der Waals surface area contributed by atoms with Crippen LogP contribution in [0, 0.1) is 0 Å². The Morgan fingerprint density at radius 3 is 2.32 bits per heavy atom. The molecule has 1 aliphatic rings. The average Bonchev–Trinajstić information content (AvgIpc) is 2.84. The van der Waals surface area contributed by atoms with E-state index in [-0.39, 0.29) is 35.8 Å². The van der Waals surface area contributed by atoms with Gasteiger partial charge in [-0.1, -0.05) is 36.4 Å². The smallest absolute Gasteiger partial charge is 0.255 e. The van der Waals surface area contributed by atoms with Crippen LogP contribution in [0.3, 0.4) is 0 Å². The third-order valence-electron chi connectivity index (χ3n) is 5.48. The van der Waals surface area contributed by atoms with Crippen LogP contribution in [0.4, 0.5) is 5.69 Å². The molecule has 0 aliphatic carbocycles. The summed E-state index contributed by atoms with van der Waals surface area (Å²) in [6.45, 7) is 4.71. The molecular weight excluding hydrogens is 452 g/mol. The Morgan fingerprint density at radius 2 is 1.65 bits per heavy atom. The van der Waals surface area contributed by atoms with Crippen LogP contribution in [0.5, 0.6) is 5.75 Å². The number of carbonyl (C=O) groups excluding carboxylic acids is 1. The second kappa shape index (κ2) is 10.4. The van der Waals surface area contributed by atoms with Crippen molar-refractivity contribution in [3.8, 4) is 5.75 Å². The minimum absolute atomic E-state index is 0.0890. The number of amides is 1. The molecule has 1 fully saturated rings. The van der Waals surface area contributed by atoms with E-state index in [0.717, 1.165) is 5.56 Å². The van der Waals surface area contributed by atoms with Crippen LogP contribution in [0.2, 0.25) is 0 Å². The third-order valence-corrected chi connectivity index (χ3v) is 7.31. The largest absolute Gasteiger partial charge is 0.489 e. The highest BCUT2D eigenvalue weighted by molar-refractivity contribution is 7.89. The molecule has 0 bridgehead atoms. The molecule has 7 nitrogen and oxygen atoms in total. The van der Waals surface area contributed by atoms with Crippen LogP contribution < -0.4 is 10.1 Å². The summed E-state index contributed by atoms with van der Waals surface area (Å²) in [5.74, 6) is 0.294. The van der Waals surface area contributed by atoms with Gasteiger partial charge in [0, 0.05) is 24.3 Å². The number of nitrogens with one attached hydrogen (secondary N) is 1. The molecule has 2 atom stereocenters. The molecule has 0 saturated carbocycles. The number of sulfonamides is 1. The van der Waals surface area contributed by atoms with Crippen molar-refractivity contribution in [2.24, 2.45) is 0 Å². The molecule has 34 heavy (non-hydrogen) atoms. The molecular formula is C26H28N2O5S. The number of hydrogen-bond acceptors (Lipinski definition) is 5. The number of benzene rings is 3. The van der Waals surface area contributed by atoms with Crippen LogP contribution in [-0.4, -0.2) is 43.9 Å². The molecule has 0 radical (unpaired) electrons. The molecule has 1 N–H and O–H groups in total. The van der Waals surface area contributed by atoms with Gasteiger partial charge in [-0.05, 0) is 61.9 Å². The summed E-state index contributed by atoms with van der Waals surface area (Å²) in [6.07, 6.45) is -0.380. The van der Waals surface area contributed by atoms with Gasteiger partial charge in [-0.15, -0.1) is 0 Å². The lowest BCUT2D eigenvalue weighted by Gasteiger charge is -2.34. The number of carbonyl (C=O) groups is 1. The van der Waals surface area contributed by atoms with E-state index in [1.807, 2.05) is 44.2 Å². The Kier molecular flexibility index (Phi) is 7.31. The van der Waals surface area contributed by atoms with Crippen LogP contribution in [-0.2, 0) is 21.4 Å². The van der Waals surface area contributed by atoms with E-state index >= 15 is 0 Å². The molecule has 3 aromatic rings. The quantitative estimate of drug-likeness (QED) is 0.545. The van der Waals surface area contributed by atoms with Crippen LogP contribution in [0.1, 0.15) is 29.8 Å². The van der Waals surface area contributed by atoms with Gasteiger partial charge < -0.3 is 14.8 Å². The molecule has 178 valence electrons. The summed E-state index contributed by atoms with van der Waals surface area (Å²) in [5.41, 5.74) is 1.91. The minimum Gasteiger partial charge on any atom is -0.489 e. The van der Waals surface area contributed by atoms with Gasteiger partial charge >= 0.3 is 0 Å². The van der Waals surface area contributed by atoms with E-state index in [9.17, 15) is 13.2 Å². The summed E-state index contributed by atoms with van der Waals surface area (Å²) >= 11 is 0. The second-order valence-corrected chi connectivity index (χ2v) is 10.3. The van der Waals surface area contributed by atoms with E-state index in [0.29, 0.717) is 18.0 Å². The average molecular weight is 481 g/mol. The highest BCUT2D eigenvalue weighted by Gasteiger charge is 2.32. The molecule has 8 heteroatoms. The summed E-state index contributed by atoms with van der Waals surface area (Å²) in [6, 6.07) is 23.0. The number of anilines is 1. The van der Waals surface area contributed by atoms with E-state index in [1.165, 1.54) is 16.4 Å². The number of hydrogen-bond donors (Lipinski definition) is 1. The highest BCUT2D eigenvalue weighted by atomic mass is 32.2. The van der Waals surface area contributed by atoms with Crippen molar-refractivity contribution >= 4 is 21.6 Å². The highest BCUT2D eigenvalue weighted by Crippen LogP contribution is 2.23. The van der Waals surface area contributed by atoms with Gasteiger partial charge in [-0.3, -0.25) is 4.79 Å². The number of rotatable bonds is 7. The van der Waals surface area contributed by atoms with E-state index in [4.69, 9.17) is 9.47 Å². The molecule has 0 aromatic heterocycles. The van der Waals surface area contributed by atoms with Gasteiger partial charge in [-0.25, -0.2) is 8.42 Å². The summed E-state index contributed by atoms with van der Waals surface area (Å²) in [4.78, 5) is 12.9. The standard InChI is InChI=1S/C26H28N2O5S/c1-19-16-28(17-20(2)33-19)34(30,31)25-10-6-9-22(15-25)26(29)27-23-11-13-24(14-12-23)32-18-21-7-4-3-5-8-21/h3-15,19-20H,16-18H2,1-2H3,(H,27,29)/t19-,20+. The lowest BCUT2D eigenvalue weighted by atomic mass is 10.2. The maximum Gasteiger partial charge on any atom is 0.255 e. The van der Waals surface area contributed by atoms with Crippen LogP contribution in [0.15, 0.2) is 83.8 Å². The van der Waals surface area contributed by atoms with E-state index in [1.54, 1.807) is 36.4 Å². The number of nitrogens with zero attached hydrogens (tertiary/aromatic N) is 1. The van der Waals surface area contributed by atoms with Gasteiger partial charge in [0.25, 0.3) is 5.91 Å². The van der Waals surface area contributed by atoms with Gasteiger partial charge in [-0.2, -0.15) is 4.31 Å². The molecule has 1 saturated heterocycles. The van der Waals surface area contributed by atoms with Crippen molar-refractivity contribution < 1.29 is 22.7 Å². The van der Waals surface area contributed by atoms with Crippen LogP contribution >= 0.6 is 0 Å². The Labute approximate surface area is 200 Å². The monoisotopic (exact) mass is 480 g/mol. The van der Waals surface area contributed by atoms with Gasteiger partial charge in [0.1, 0.15) is 12.4 Å². The van der Waals surface area contributed by atoms with Gasteiger partial charge in [0.15, 0.2) is 0 Å². The zero-order valence-electron chi connectivity index (χ0n) is 19.2. The van der Waals surface area contributed by atoms with Crippen molar-refractivity contribution in [3.05, 3.63) is 90.0 Å². The van der Waals surface area contributed by atoms with Crippen molar-refractivity contribution in [1.29, 1.82) is 0 Å². The molecule has 1 heterocycles. The Balaban J connectivity index is 1.41. The zero-order valence-corrected chi connectivity index (χ0v) is 20.0. The lowest BCUT2D eigenvalue weighted by Crippen LogP contribution is -2.48. The Morgan fingerprint density at radius 1 is 0.971 bits per heavy atom. The molecule has 1 amide bonds. The lowest BCUT2D eigenvalue weighted by molar-refractivity contribution is -0.0440. The van der Waals surface area contributed by atoms with Crippen molar-refractivity contribution in [2.45, 2.75) is 37.6 Å². The predicted octanol–water partition coefficient (Wildman–Crippen LogP) is 4.32. The SMILES string of the molecule is C[C@@H]1CN(S(=O)(=O)c2cccc(C(=O)Nc3ccc(OCc4ccccc4)cc3)c2)C[C@H](C)O1. The first-order valence-electron chi connectivity index (χ1n) is 11.1. The maximum atomic E-state index is 13.1. The summed E-state index contributed by atoms with van der Waals surface area (Å²) < 4.78 is 39.1. The first kappa shape index (κ1) is 23.9. The minimum atomic E-state index is -3.73. The number of ether oxygens (including phenoxy) is 2. The number of morpholine rings is 1. The van der Waals surface area contributed by atoms with Crippen LogP contribution in [0.25, 0.3) is 0 Å².